The number of ether oxygens (including phenoxy) is 1. The summed E-state index contributed by atoms with van der Waals surface area (Å²) in [5.74, 6) is 1.77. The second-order valence-corrected chi connectivity index (χ2v) is 6.83. The number of halogens is 1. The number of imidazole rings is 1. The lowest BCUT2D eigenvalue weighted by molar-refractivity contribution is -0.130. The average Bonchev–Trinajstić information content (AvgIpc) is 3.17. The SMILES string of the molecule is CC(C)Oc1cc(CCC(=O)N(C)Cc2nc3ccc(Cl)cc3[nH]2)on1. The third kappa shape index (κ3) is 4.54. The normalized spacial score (nSPS) is 11.3. The number of benzene rings is 1. The summed E-state index contributed by atoms with van der Waals surface area (Å²) in [5, 5.41) is 4.47. The lowest BCUT2D eigenvalue weighted by Crippen LogP contribution is -2.26. The van der Waals surface area contributed by atoms with Gasteiger partial charge in [-0.15, -0.1) is 0 Å². The fraction of sp³-hybridized carbons (Fsp3) is 0.389. The summed E-state index contributed by atoms with van der Waals surface area (Å²) >= 11 is 5.98. The zero-order chi connectivity index (χ0) is 18.7. The van der Waals surface area contributed by atoms with E-state index in [1.54, 1.807) is 24.1 Å². The average molecular weight is 377 g/mol. The number of H-pyrrole nitrogens is 1. The third-order valence-corrected chi connectivity index (χ3v) is 4.02. The van der Waals surface area contributed by atoms with Crippen molar-refractivity contribution in [3.63, 3.8) is 0 Å². The zero-order valence-corrected chi connectivity index (χ0v) is 15.7. The Balaban J connectivity index is 1.54. The van der Waals surface area contributed by atoms with Crippen molar-refractivity contribution in [2.75, 3.05) is 7.05 Å². The quantitative estimate of drug-likeness (QED) is 0.681. The molecule has 0 radical (unpaired) electrons. The van der Waals surface area contributed by atoms with Crippen molar-refractivity contribution in [3.8, 4) is 5.88 Å². The Labute approximate surface area is 156 Å². The summed E-state index contributed by atoms with van der Waals surface area (Å²) in [6.45, 7) is 4.22. The molecule has 1 aromatic carbocycles. The Kier molecular flexibility index (Phi) is 5.46. The molecule has 0 unspecified atom stereocenters. The van der Waals surface area contributed by atoms with Crippen LogP contribution in [0.25, 0.3) is 11.0 Å². The topological polar surface area (TPSA) is 84.2 Å². The smallest absolute Gasteiger partial charge is 0.254 e. The van der Waals surface area contributed by atoms with Gasteiger partial charge in [-0.1, -0.05) is 11.6 Å². The highest BCUT2D eigenvalue weighted by Crippen LogP contribution is 2.18. The Morgan fingerprint density at radius 3 is 2.96 bits per heavy atom. The molecule has 2 aromatic heterocycles. The minimum absolute atomic E-state index is 0.00813. The van der Waals surface area contributed by atoms with Crippen LogP contribution in [0.1, 0.15) is 31.9 Å². The van der Waals surface area contributed by atoms with Crippen LogP contribution in [-0.4, -0.2) is 39.1 Å². The van der Waals surface area contributed by atoms with E-state index in [0.29, 0.717) is 41.9 Å². The van der Waals surface area contributed by atoms with Gasteiger partial charge >= 0.3 is 0 Å². The van der Waals surface area contributed by atoms with E-state index in [9.17, 15) is 4.79 Å². The number of hydrogen-bond acceptors (Lipinski definition) is 5. The van der Waals surface area contributed by atoms with Gasteiger partial charge in [-0.3, -0.25) is 4.79 Å². The highest BCUT2D eigenvalue weighted by molar-refractivity contribution is 6.31. The number of nitrogens with zero attached hydrogens (tertiary/aromatic N) is 3. The largest absolute Gasteiger partial charge is 0.473 e. The van der Waals surface area contributed by atoms with Crippen molar-refractivity contribution in [2.24, 2.45) is 0 Å². The van der Waals surface area contributed by atoms with Gasteiger partial charge in [-0.2, -0.15) is 0 Å². The summed E-state index contributed by atoms with van der Waals surface area (Å²) in [6.07, 6.45) is 0.811. The first kappa shape index (κ1) is 18.3. The monoisotopic (exact) mass is 376 g/mol. The van der Waals surface area contributed by atoms with E-state index in [1.165, 1.54) is 0 Å². The number of nitrogens with one attached hydrogen (secondary N) is 1. The van der Waals surface area contributed by atoms with Crippen LogP contribution in [0.2, 0.25) is 5.02 Å². The highest BCUT2D eigenvalue weighted by Gasteiger charge is 2.14. The van der Waals surface area contributed by atoms with E-state index >= 15 is 0 Å². The summed E-state index contributed by atoms with van der Waals surface area (Å²) in [6, 6.07) is 7.17. The predicted octanol–water partition coefficient (Wildman–Crippen LogP) is 3.58. The highest BCUT2D eigenvalue weighted by atomic mass is 35.5. The molecule has 138 valence electrons. The number of aromatic nitrogens is 3. The first-order valence-corrected chi connectivity index (χ1v) is 8.79. The Hall–Kier alpha value is -2.54. The molecule has 0 atom stereocenters. The van der Waals surface area contributed by atoms with E-state index in [0.717, 1.165) is 11.0 Å². The van der Waals surface area contributed by atoms with Gasteiger partial charge in [0.1, 0.15) is 11.6 Å². The third-order valence-electron chi connectivity index (χ3n) is 3.78. The van der Waals surface area contributed by atoms with Crippen molar-refractivity contribution < 1.29 is 14.1 Å². The molecule has 0 aliphatic carbocycles. The number of carbonyl (C=O) groups is 1. The fourth-order valence-electron chi connectivity index (χ4n) is 2.55. The van der Waals surface area contributed by atoms with Gasteiger partial charge in [0.15, 0.2) is 0 Å². The molecule has 0 aliphatic heterocycles. The lowest BCUT2D eigenvalue weighted by Gasteiger charge is -2.15. The summed E-state index contributed by atoms with van der Waals surface area (Å²) in [5.41, 5.74) is 1.68. The molecule has 3 rings (SSSR count). The van der Waals surface area contributed by atoms with Gasteiger partial charge < -0.3 is 19.1 Å². The maximum atomic E-state index is 12.3. The van der Waals surface area contributed by atoms with E-state index in [2.05, 4.69) is 15.1 Å². The van der Waals surface area contributed by atoms with Gasteiger partial charge in [-0.05, 0) is 37.2 Å². The summed E-state index contributed by atoms with van der Waals surface area (Å²) in [7, 11) is 1.75. The van der Waals surface area contributed by atoms with E-state index in [-0.39, 0.29) is 12.0 Å². The van der Waals surface area contributed by atoms with Crippen LogP contribution in [0.4, 0.5) is 0 Å². The molecular formula is C18H21ClN4O3. The number of aryl methyl sites for hydroxylation is 1. The number of fused-ring (bicyclic) bond motifs is 1. The number of carbonyl (C=O) groups excluding carboxylic acids is 1. The van der Waals surface area contributed by atoms with Crippen molar-refractivity contribution in [1.82, 2.24) is 20.0 Å². The molecule has 0 saturated carbocycles. The van der Waals surface area contributed by atoms with E-state index < -0.39 is 0 Å². The van der Waals surface area contributed by atoms with Crippen LogP contribution in [0.3, 0.4) is 0 Å². The van der Waals surface area contributed by atoms with Gasteiger partial charge in [0, 0.05) is 31.0 Å². The summed E-state index contributed by atoms with van der Waals surface area (Å²) < 4.78 is 10.6. The van der Waals surface area contributed by atoms with Gasteiger partial charge in [0.25, 0.3) is 5.88 Å². The molecule has 0 aliphatic rings. The zero-order valence-electron chi connectivity index (χ0n) is 15.0. The first-order valence-electron chi connectivity index (χ1n) is 8.41. The molecule has 1 amide bonds. The molecule has 7 nitrogen and oxygen atoms in total. The maximum absolute atomic E-state index is 12.3. The molecule has 3 aromatic rings. The maximum Gasteiger partial charge on any atom is 0.254 e. The summed E-state index contributed by atoms with van der Waals surface area (Å²) in [4.78, 5) is 21.6. The van der Waals surface area contributed by atoms with Crippen LogP contribution in [0.5, 0.6) is 5.88 Å². The van der Waals surface area contributed by atoms with Gasteiger partial charge in [0.05, 0.1) is 23.7 Å². The van der Waals surface area contributed by atoms with Crippen LogP contribution >= 0.6 is 11.6 Å². The standard InChI is InChI=1S/C18H21ClN4O3/c1-11(2)25-17-9-13(26-22-17)5-7-18(24)23(3)10-16-20-14-6-4-12(19)8-15(14)21-16/h4,6,8-9,11H,5,7,10H2,1-3H3,(H,20,21). The minimum atomic E-state index is -0.00813. The number of rotatable bonds is 7. The van der Waals surface area contributed by atoms with Crippen LogP contribution in [-0.2, 0) is 17.8 Å². The first-order chi connectivity index (χ1) is 12.4. The molecular weight excluding hydrogens is 356 g/mol. The van der Waals surface area contributed by atoms with Gasteiger partial charge in [-0.25, -0.2) is 4.98 Å². The molecule has 2 heterocycles. The molecule has 0 fully saturated rings. The second-order valence-electron chi connectivity index (χ2n) is 6.39. The van der Waals surface area contributed by atoms with Crippen LogP contribution in [0, 0.1) is 0 Å². The van der Waals surface area contributed by atoms with E-state index in [1.807, 2.05) is 26.0 Å². The van der Waals surface area contributed by atoms with Crippen molar-refractivity contribution >= 4 is 28.5 Å². The van der Waals surface area contributed by atoms with Crippen molar-refractivity contribution in [2.45, 2.75) is 39.3 Å². The molecule has 1 N–H and O–H groups in total. The number of hydrogen-bond donors (Lipinski definition) is 1. The Morgan fingerprint density at radius 2 is 2.19 bits per heavy atom. The fourth-order valence-corrected chi connectivity index (χ4v) is 2.72. The van der Waals surface area contributed by atoms with Crippen molar-refractivity contribution in [3.05, 3.63) is 40.9 Å². The van der Waals surface area contributed by atoms with Crippen LogP contribution in [0.15, 0.2) is 28.8 Å². The van der Waals surface area contributed by atoms with Crippen LogP contribution < -0.4 is 4.74 Å². The molecule has 0 saturated heterocycles. The lowest BCUT2D eigenvalue weighted by atomic mass is 10.2. The van der Waals surface area contributed by atoms with Crippen molar-refractivity contribution in [1.29, 1.82) is 0 Å². The van der Waals surface area contributed by atoms with Gasteiger partial charge in [0.2, 0.25) is 5.91 Å². The number of amides is 1. The van der Waals surface area contributed by atoms with E-state index in [4.69, 9.17) is 20.9 Å². The molecule has 0 bridgehead atoms. The predicted molar refractivity (Wildman–Crippen MR) is 98.2 cm³/mol. The molecule has 0 spiro atoms. The number of aromatic amines is 1. The minimum Gasteiger partial charge on any atom is -0.473 e. The Bertz CT molecular complexity index is 903. The molecule has 26 heavy (non-hydrogen) atoms. The molecule has 8 heteroatoms. The second kappa shape index (κ2) is 7.78. The Morgan fingerprint density at radius 1 is 1.38 bits per heavy atom.